The van der Waals surface area contributed by atoms with E-state index in [2.05, 4.69) is 9.64 Å². The van der Waals surface area contributed by atoms with Crippen LogP contribution >= 0.6 is 11.3 Å². The molecule has 2 saturated heterocycles. The molecule has 1 aromatic rings. The van der Waals surface area contributed by atoms with Crippen LogP contribution in [0.25, 0.3) is 0 Å². The van der Waals surface area contributed by atoms with Crippen LogP contribution in [0.15, 0.2) is 16.3 Å². The van der Waals surface area contributed by atoms with Crippen molar-refractivity contribution in [2.24, 2.45) is 0 Å². The van der Waals surface area contributed by atoms with Crippen molar-refractivity contribution in [2.75, 3.05) is 59.0 Å². The first-order valence-electron chi connectivity index (χ1n) is 9.92. The lowest BCUT2D eigenvalue weighted by Crippen LogP contribution is -2.49. The summed E-state index contributed by atoms with van der Waals surface area (Å²) in [4.78, 5) is 17.0. The topological polar surface area (TPSA) is 70.2 Å². The first-order chi connectivity index (χ1) is 14.2. The Kier molecular flexibility index (Phi) is 7.77. The number of ether oxygens (including phenoxy) is 1. The number of carbonyl (C=O) groups is 1. The van der Waals surface area contributed by atoms with Crippen LogP contribution < -0.4 is 0 Å². The highest BCUT2D eigenvalue weighted by molar-refractivity contribution is 7.89. The van der Waals surface area contributed by atoms with E-state index in [0.29, 0.717) is 52.2 Å². The number of hydrogen-bond donors (Lipinski definition) is 0. The van der Waals surface area contributed by atoms with Crippen molar-refractivity contribution in [3.63, 3.8) is 0 Å². The third kappa shape index (κ3) is 5.94. The second-order valence-electron chi connectivity index (χ2n) is 7.38. The fourth-order valence-corrected chi connectivity index (χ4v) is 6.50. The minimum atomic E-state index is -4.31. The van der Waals surface area contributed by atoms with Crippen molar-refractivity contribution in [3.8, 4) is 0 Å². The van der Waals surface area contributed by atoms with E-state index in [0.717, 1.165) is 24.2 Å². The van der Waals surface area contributed by atoms with Crippen molar-refractivity contribution < 1.29 is 31.1 Å². The first-order valence-corrected chi connectivity index (χ1v) is 12.2. The molecule has 1 aromatic heterocycles. The van der Waals surface area contributed by atoms with E-state index in [9.17, 15) is 26.4 Å². The SMILES string of the molecule is O=C(c1sccc1S(=O)(=O)N1CCCC1)N1CCN(CCCOCC(F)(F)F)CC1. The maximum absolute atomic E-state index is 13.0. The number of sulfonamides is 1. The quantitative estimate of drug-likeness (QED) is 0.547. The number of nitrogens with zero attached hydrogens (tertiary/aromatic N) is 3. The van der Waals surface area contributed by atoms with E-state index in [-0.39, 0.29) is 22.3 Å². The van der Waals surface area contributed by atoms with Gasteiger partial charge in [-0.25, -0.2) is 8.42 Å². The summed E-state index contributed by atoms with van der Waals surface area (Å²) in [5, 5.41) is 1.63. The Hall–Kier alpha value is -1.21. The van der Waals surface area contributed by atoms with E-state index in [4.69, 9.17) is 0 Å². The van der Waals surface area contributed by atoms with Gasteiger partial charge in [-0.1, -0.05) is 0 Å². The second kappa shape index (κ2) is 9.94. The molecule has 2 aliphatic heterocycles. The van der Waals surface area contributed by atoms with Gasteiger partial charge in [0.15, 0.2) is 0 Å². The second-order valence-corrected chi connectivity index (χ2v) is 10.2. The highest BCUT2D eigenvalue weighted by atomic mass is 32.2. The Morgan fingerprint density at radius 1 is 1.10 bits per heavy atom. The molecule has 2 aliphatic rings. The number of halogens is 3. The van der Waals surface area contributed by atoms with E-state index >= 15 is 0 Å². The minimum absolute atomic E-state index is 0.0333. The van der Waals surface area contributed by atoms with Gasteiger partial charge >= 0.3 is 6.18 Å². The fourth-order valence-electron chi connectivity index (χ4n) is 3.62. The third-order valence-corrected chi connectivity index (χ3v) is 8.17. The molecule has 170 valence electrons. The Morgan fingerprint density at radius 3 is 2.40 bits per heavy atom. The van der Waals surface area contributed by atoms with Gasteiger partial charge in [0.25, 0.3) is 5.91 Å². The van der Waals surface area contributed by atoms with E-state index in [1.807, 2.05) is 0 Å². The molecule has 0 saturated carbocycles. The summed E-state index contributed by atoms with van der Waals surface area (Å²) in [6.07, 6.45) is -2.17. The Balaban J connectivity index is 1.49. The summed E-state index contributed by atoms with van der Waals surface area (Å²) in [6.45, 7) is 2.42. The van der Waals surface area contributed by atoms with Crippen molar-refractivity contribution >= 4 is 27.3 Å². The molecule has 30 heavy (non-hydrogen) atoms. The van der Waals surface area contributed by atoms with E-state index in [1.54, 1.807) is 10.3 Å². The molecule has 0 aliphatic carbocycles. The van der Waals surface area contributed by atoms with Gasteiger partial charge in [0, 0.05) is 52.4 Å². The van der Waals surface area contributed by atoms with Crippen LogP contribution in [-0.2, 0) is 14.8 Å². The lowest BCUT2D eigenvalue weighted by Gasteiger charge is -2.34. The Bertz CT molecular complexity index is 815. The van der Waals surface area contributed by atoms with Gasteiger partial charge in [0.1, 0.15) is 16.4 Å². The fraction of sp³-hybridized carbons (Fsp3) is 0.722. The molecule has 3 heterocycles. The molecule has 0 N–H and O–H groups in total. The lowest BCUT2D eigenvalue weighted by atomic mass is 10.2. The molecule has 0 atom stereocenters. The van der Waals surface area contributed by atoms with Crippen LogP contribution in [-0.4, -0.2) is 93.6 Å². The van der Waals surface area contributed by atoms with Crippen molar-refractivity contribution in [1.29, 1.82) is 0 Å². The van der Waals surface area contributed by atoms with E-state index in [1.165, 1.54) is 10.4 Å². The van der Waals surface area contributed by atoms with Gasteiger partial charge in [-0.05, 0) is 30.7 Å². The molecule has 12 heteroatoms. The normalized spacial score (nSPS) is 19.5. The number of rotatable bonds is 8. The third-order valence-electron chi connectivity index (χ3n) is 5.19. The Morgan fingerprint density at radius 2 is 1.77 bits per heavy atom. The molecular formula is C18H26F3N3O4S2. The van der Waals surface area contributed by atoms with E-state index < -0.39 is 22.8 Å². The Labute approximate surface area is 178 Å². The van der Waals surface area contributed by atoms with Gasteiger partial charge in [0.05, 0.1) is 0 Å². The predicted molar refractivity (Wildman–Crippen MR) is 106 cm³/mol. The van der Waals surface area contributed by atoms with Gasteiger partial charge in [-0.2, -0.15) is 17.5 Å². The minimum Gasteiger partial charge on any atom is -0.372 e. The number of thiophene rings is 1. The summed E-state index contributed by atoms with van der Waals surface area (Å²) < 4.78 is 67.9. The van der Waals surface area contributed by atoms with Crippen LogP contribution in [0, 0.1) is 0 Å². The predicted octanol–water partition coefficient (Wildman–Crippen LogP) is 2.26. The summed E-state index contributed by atoms with van der Waals surface area (Å²) >= 11 is 1.14. The molecule has 2 fully saturated rings. The largest absolute Gasteiger partial charge is 0.411 e. The average molecular weight is 470 g/mol. The van der Waals surface area contributed by atoms with Crippen molar-refractivity contribution in [1.82, 2.24) is 14.1 Å². The lowest BCUT2D eigenvalue weighted by molar-refractivity contribution is -0.174. The molecule has 0 spiro atoms. The maximum Gasteiger partial charge on any atom is 0.411 e. The molecule has 7 nitrogen and oxygen atoms in total. The number of carbonyl (C=O) groups excluding carboxylic acids is 1. The number of amides is 1. The van der Waals surface area contributed by atoms with Gasteiger partial charge in [-0.3, -0.25) is 9.69 Å². The molecular weight excluding hydrogens is 443 g/mol. The van der Waals surface area contributed by atoms with Crippen molar-refractivity contribution in [3.05, 3.63) is 16.3 Å². The molecule has 0 unspecified atom stereocenters. The summed E-state index contributed by atoms with van der Waals surface area (Å²) in [7, 11) is -3.66. The smallest absolute Gasteiger partial charge is 0.372 e. The van der Waals surface area contributed by atoms with Gasteiger partial charge < -0.3 is 9.64 Å². The molecule has 3 rings (SSSR count). The van der Waals surface area contributed by atoms with Gasteiger partial charge in [0.2, 0.25) is 10.0 Å². The summed E-state index contributed by atoms with van der Waals surface area (Å²) in [5.74, 6) is -0.282. The summed E-state index contributed by atoms with van der Waals surface area (Å²) in [5.41, 5.74) is 0. The number of hydrogen-bond acceptors (Lipinski definition) is 6. The zero-order valence-corrected chi connectivity index (χ0v) is 18.2. The van der Waals surface area contributed by atoms with Gasteiger partial charge in [-0.15, -0.1) is 11.3 Å². The molecule has 0 radical (unpaired) electrons. The number of alkyl halides is 3. The van der Waals surface area contributed by atoms with Crippen LogP contribution in [0.1, 0.15) is 28.9 Å². The highest BCUT2D eigenvalue weighted by Crippen LogP contribution is 2.29. The van der Waals surface area contributed by atoms with Crippen LogP contribution in [0.4, 0.5) is 13.2 Å². The molecule has 0 bridgehead atoms. The van der Waals surface area contributed by atoms with Crippen LogP contribution in [0.2, 0.25) is 0 Å². The maximum atomic E-state index is 13.0. The average Bonchev–Trinajstić information content (AvgIpc) is 3.39. The van der Waals surface area contributed by atoms with Crippen LogP contribution in [0.3, 0.4) is 0 Å². The standard InChI is InChI=1S/C18H26F3N3O4S2/c19-18(20,21)14-28-12-3-5-22-8-10-23(11-9-22)17(25)16-15(4-13-29-16)30(26,27)24-6-1-2-7-24/h4,13H,1-3,5-12,14H2. The highest BCUT2D eigenvalue weighted by Gasteiger charge is 2.34. The monoisotopic (exact) mass is 469 g/mol. The molecule has 0 aromatic carbocycles. The molecule has 1 amide bonds. The van der Waals surface area contributed by atoms with Crippen molar-refractivity contribution in [2.45, 2.75) is 30.3 Å². The zero-order valence-electron chi connectivity index (χ0n) is 16.6. The first kappa shape index (κ1) is 23.5. The summed E-state index contributed by atoms with van der Waals surface area (Å²) in [6, 6.07) is 1.50. The zero-order chi connectivity index (χ0) is 21.8. The number of piperazine rings is 1. The van der Waals surface area contributed by atoms with Crippen LogP contribution in [0.5, 0.6) is 0 Å².